The van der Waals surface area contributed by atoms with E-state index < -0.39 is 21.8 Å². The molecule has 0 aliphatic carbocycles. The van der Waals surface area contributed by atoms with Crippen molar-refractivity contribution < 1.29 is 27.4 Å². The summed E-state index contributed by atoms with van der Waals surface area (Å²) in [7, 11) is 1.59. The molecule has 10 nitrogen and oxygen atoms in total. The van der Waals surface area contributed by atoms with Crippen LogP contribution in [0.3, 0.4) is 0 Å². The standard InChI is InChI=1S/C22H26FN5O3S.C7H6O2/c1-27(2)13-4-14-28(17-6-8-18(9-7-17)32(24,29)30)22-25-12-11-20(26-22)16-5-10-21(31-3)19(23)15-16;8-7(9)6-4-2-1-3-5-6/h5-12,15H,4,13-14H2,1-3H3,(H2,24,29,30);1-5H,(H,8,9). The lowest BCUT2D eigenvalue weighted by molar-refractivity contribution is 0.0697. The van der Waals surface area contributed by atoms with Crippen molar-refractivity contribution >= 4 is 27.6 Å². The van der Waals surface area contributed by atoms with Gasteiger partial charge < -0.3 is 19.6 Å². The third-order valence-electron chi connectivity index (χ3n) is 5.82. The zero-order valence-corrected chi connectivity index (χ0v) is 23.8. The van der Waals surface area contributed by atoms with E-state index in [1.807, 2.05) is 19.0 Å². The Bertz CT molecular complexity index is 1550. The number of primary sulfonamides is 1. The molecule has 1 aromatic heterocycles. The number of rotatable bonds is 10. The van der Waals surface area contributed by atoms with Gasteiger partial charge in [0, 0.05) is 24.0 Å². The summed E-state index contributed by atoms with van der Waals surface area (Å²) in [5.74, 6) is -0.786. The summed E-state index contributed by atoms with van der Waals surface area (Å²) in [6.45, 7) is 1.43. The summed E-state index contributed by atoms with van der Waals surface area (Å²) >= 11 is 0. The zero-order valence-electron chi connectivity index (χ0n) is 22.9. The van der Waals surface area contributed by atoms with Crippen molar-refractivity contribution in [3.05, 3.63) is 96.4 Å². The SMILES string of the molecule is COc1ccc(-c2ccnc(N(CCCN(C)C)c3ccc(S(N)(=O)=O)cc3)n2)cc1F.O=C(O)c1ccccc1. The maximum absolute atomic E-state index is 14.2. The molecular weight excluding hydrogens is 549 g/mol. The number of hydrogen-bond acceptors (Lipinski definition) is 8. The van der Waals surface area contributed by atoms with Gasteiger partial charge in [0.05, 0.1) is 23.3 Å². The normalized spacial score (nSPS) is 11.0. The third-order valence-corrected chi connectivity index (χ3v) is 6.75. The lowest BCUT2D eigenvalue weighted by Gasteiger charge is -2.24. The minimum absolute atomic E-state index is 0.0258. The Morgan fingerprint density at radius 1 is 1.00 bits per heavy atom. The predicted molar refractivity (Wildman–Crippen MR) is 155 cm³/mol. The van der Waals surface area contributed by atoms with E-state index in [0.29, 0.717) is 35.0 Å². The van der Waals surface area contributed by atoms with Gasteiger partial charge in [-0.25, -0.2) is 32.7 Å². The first-order chi connectivity index (χ1) is 19.5. The number of benzene rings is 3. The molecule has 12 heteroatoms. The molecule has 0 saturated carbocycles. The maximum Gasteiger partial charge on any atom is 0.335 e. The summed E-state index contributed by atoms with van der Waals surface area (Å²) < 4.78 is 42.4. The Morgan fingerprint density at radius 2 is 1.68 bits per heavy atom. The minimum atomic E-state index is -3.79. The number of carboxylic acids is 1. The van der Waals surface area contributed by atoms with Gasteiger partial charge in [0.25, 0.3) is 0 Å². The monoisotopic (exact) mass is 581 g/mol. The lowest BCUT2D eigenvalue weighted by atomic mass is 10.1. The van der Waals surface area contributed by atoms with E-state index in [4.69, 9.17) is 15.0 Å². The van der Waals surface area contributed by atoms with E-state index >= 15 is 0 Å². The topological polar surface area (TPSA) is 139 Å². The molecule has 0 aliphatic heterocycles. The second-order valence-electron chi connectivity index (χ2n) is 9.11. The highest BCUT2D eigenvalue weighted by Gasteiger charge is 2.16. The first-order valence-electron chi connectivity index (χ1n) is 12.5. The molecule has 0 fully saturated rings. The fraction of sp³-hybridized carbons (Fsp3) is 0.207. The molecule has 4 aromatic rings. The number of carbonyl (C=O) groups is 1. The highest BCUT2D eigenvalue weighted by atomic mass is 32.2. The van der Waals surface area contributed by atoms with Crippen molar-refractivity contribution in [2.45, 2.75) is 11.3 Å². The van der Waals surface area contributed by atoms with Crippen molar-refractivity contribution in [3.8, 4) is 17.0 Å². The van der Waals surface area contributed by atoms with Gasteiger partial charge in [-0.15, -0.1) is 0 Å². The largest absolute Gasteiger partial charge is 0.494 e. The van der Waals surface area contributed by atoms with Crippen molar-refractivity contribution in [1.29, 1.82) is 0 Å². The molecule has 0 aliphatic rings. The van der Waals surface area contributed by atoms with Gasteiger partial charge in [-0.1, -0.05) is 18.2 Å². The number of carboxylic acid groups (broad SMARTS) is 1. The van der Waals surface area contributed by atoms with Gasteiger partial charge in [-0.2, -0.15) is 0 Å². The van der Waals surface area contributed by atoms with Crippen LogP contribution in [0.25, 0.3) is 11.3 Å². The van der Waals surface area contributed by atoms with Gasteiger partial charge in [-0.05, 0) is 87.7 Å². The lowest BCUT2D eigenvalue weighted by Crippen LogP contribution is -2.25. The summed E-state index contributed by atoms with van der Waals surface area (Å²) in [6.07, 6.45) is 2.42. The van der Waals surface area contributed by atoms with Crippen LogP contribution in [0.2, 0.25) is 0 Å². The third kappa shape index (κ3) is 9.07. The molecule has 0 spiro atoms. The fourth-order valence-electron chi connectivity index (χ4n) is 3.75. The van der Waals surface area contributed by atoms with E-state index in [-0.39, 0.29) is 10.6 Å². The van der Waals surface area contributed by atoms with Crippen molar-refractivity contribution in [2.24, 2.45) is 5.14 Å². The number of nitrogens with zero attached hydrogens (tertiary/aromatic N) is 4. The molecule has 0 amide bonds. The molecule has 3 aromatic carbocycles. The molecule has 1 heterocycles. The van der Waals surface area contributed by atoms with Crippen LogP contribution in [0, 0.1) is 5.82 Å². The number of aromatic nitrogens is 2. The fourth-order valence-corrected chi connectivity index (χ4v) is 4.27. The van der Waals surface area contributed by atoms with E-state index in [0.717, 1.165) is 13.0 Å². The number of aromatic carboxylic acids is 1. The zero-order chi connectivity index (χ0) is 30.0. The molecule has 0 saturated heterocycles. The average molecular weight is 582 g/mol. The van der Waals surface area contributed by atoms with Crippen LogP contribution in [0.5, 0.6) is 5.75 Å². The van der Waals surface area contributed by atoms with Gasteiger partial charge >= 0.3 is 5.97 Å². The first kappa shape index (κ1) is 31.1. The first-order valence-corrected chi connectivity index (χ1v) is 14.0. The van der Waals surface area contributed by atoms with E-state index in [1.54, 1.807) is 66.9 Å². The van der Waals surface area contributed by atoms with Crippen molar-refractivity contribution in [2.75, 3.05) is 39.2 Å². The van der Waals surface area contributed by atoms with Crippen LogP contribution in [0.4, 0.5) is 16.0 Å². The van der Waals surface area contributed by atoms with Crippen LogP contribution in [0.15, 0.2) is 90.0 Å². The highest BCUT2D eigenvalue weighted by Crippen LogP contribution is 2.28. The molecule has 0 bridgehead atoms. The second kappa shape index (κ2) is 14.3. The summed E-state index contributed by atoms with van der Waals surface area (Å²) in [4.78, 5) is 23.2. The predicted octanol–water partition coefficient (Wildman–Crippen LogP) is 4.41. The Morgan fingerprint density at radius 3 is 2.22 bits per heavy atom. The molecule has 41 heavy (non-hydrogen) atoms. The summed E-state index contributed by atoms with van der Waals surface area (Å²) in [6, 6.07) is 20.9. The summed E-state index contributed by atoms with van der Waals surface area (Å²) in [5, 5.41) is 13.6. The van der Waals surface area contributed by atoms with Gasteiger partial charge in [0.1, 0.15) is 0 Å². The highest BCUT2D eigenvalue weighted by molar-refractivity contribution is 7.89. The number of methoxy groups -OCH3 is 1. The number of halogens is 1. The van der Waals surface area contributed by atoms with Crippen LogP contribution in [-0.4, -0.2) is 68.7 Å². The summed E-state index contributed by atoms with van der Waals surface area (Å²) in [5.41, 5.74) is 2.19. The van der Waals surface area contributed by atoms with E-state index in [1.165, 1.54) is 25.3 Å². The Hall–Kier alpha value is -4.39. The Labute approximate surface area is 238 Å². The Kier molecular flexibility index (Phi) is 10.9. The van der Waals surface area contributed by atoms with Crippen LogP contribution >= 0.6 is 0 Å². The van der Waals surface area contributed by atoms with Crippen molar-refractivity contribution in [3.63, 3.8) is 0 Å². The van der Waals surface area contributed by atoms with E-state index in [9.17, 15) is 17.6 Å². The van der Waals surface area contributed by atoms with Crippen LogP contribution in [0.1, 0.15) is 16.8 Å². The molecule has 0 atom stereocenters. The van der Waals surface area contributed by atoms with E-state index in [2.05, 4.69) is 14.9 Å². The molecular formula is C29H32FN5O5S. The number of sulfonamides is 1. The molecule has 3 N–H and O–H groups in total. The average Bonchev–Trinajstić information content (AvgIpc) is 2.95. The maximum atomic E-state index is 14.2. The smallest absolute Gasteiger partial charge is 0.335 e. The number of ether oxygens (including phenoxy) is 1. The quantitative estimate of drug-likeness (QED) is 0.279. The second-order valence-corrected chi connectivity index (χ2v) is 10.7. The van der Waals surface area contributed by atoms with Gasteiger partial charge in [0.15, 0.2) is 11.6 Å². The van der Waals surface area contributed by atoms with Crippen LogP contribution in [-0.2, 0) is 10.0 Å². The minimum Gasteiger partial charge on any atom is -0.494 e. The number of anilines is 2. The van der Waals surface area contributed by atoms with Crippen molar-refractivity contribution in [1.82, 2.24) is 14.9 Å². The molecule has 4 rings (SSSR count). The number of nitrogens with two attached hydrogens (primary N) is 1. The van der Waals surface area contributed by atoms with Crippen LogP contribution < -0.4 is 14.8 Å². The number of hydrogen-bond donors (Lipinski definition) is 2. The molecule has 216 valence electrons. The Balaban J connectivity index is 0.000000436. The molecule has 0 radical (unpaired) electrons. The van der Waals surface area contributed by atoms with Gasteiger partial charge in [-0.3, -0.25) is 0 Å². The van der Waals surface area contributed by atoms with Gasteiger partial charge in [0.2, 0.25) is 16.0 Å². The molecule has 0 unspecified atom stereocenters.